The van der Waals surface area contributed by atoms with Crippen LogP contribution >= 0.6 is 0 Å². The Labute approximate surface area is 88.2 Å². The highest BCUT2D eigenvalue weighted by molar-refractivity contribution is 5.42. The first-order valence-corrected chi connectivity index (χ1v) is 4.76. The van der Waals surface area contributed by atoms with Crippen LogP contribution in [0.4, 0.5) is 5.69 Å². The van der Waals surface area contributed by atoms with Gasteiger partial charge in [-0.3, -0.25) is 4.98 Å². The molecule has 0 amide bonds. The fourth-order valence-corrected chi connectivity index (χ4v) is 1.24. The summed E-state index contributed by atoms with van der Waals surface area (Å²) >= 11 is 0. The zero-order valence-corrected chi connectivity index (χ0v) is 8.59. The second-order valence-electron chi connectivity index (χ2n) is 3.44. The van der Waals surface area contributed by atoms with Crippen molar-refractivity contribution in [2.75, 3.05) is 12.3 Å². The van der Waals surface area contributed by atoms with Gasteiger partial charge in [-0.25, -0.2) is 0 Å². The summed E-state index contributed by atoms with van der Waals surface area (Å²) in [5, 5.41) is 27.7. The monoisotopic (exact) mass is 212 g/mol. The van der Waals surface area contributed by atoms with Crippen molar-refractivity contribution in [2.45, 2.75) is 25.6 Å². The lowest BCUT2D eigenvalue weighted by Crippen LogP contribution is -2.20. The molecule has 1 aromatic rings. The number of aliphatic hydroxyl groups is 3. The highest BCUT2D eigenvalue weighted by atomic mass is 16.3. The van der Waals surface area contributed by atoms with Crippen LogP contribution < -0.4 is 5.73 Å². The summed E-state index contributed by atoms with van der Waals surface area (Å²) in [4.78, 5) is 4.06. The number of nitrogen functional groups attached to an aromatic ring is 1. The van der Waals surface area contributed by atoms with E-state index < -0.39 is 12.2 Å². The number of nitrogens with zero attached hydrogens (tertiary/aromatic N) is 1. The van der Waals surface area contributed by atoms with E-state index in [1.165, 1.54) is 0 Å². The number of anilines is 1. The predicted molar refractivity (Wildman–Crippen MR) is 56.1 cm³/mol. The molecule has 2 unspecified atom stereocenters. The van der Waals surface area contributed by atoms with E-state index in [0.29, 0.717) is 17.1 Å². The van der Waals surface area contributed by atoms with Gasteiger partial charge in [0.1, 0.15) is 6.10 Å². The van der Waals surface area contributed by atoms with Crippen LogP contribution in [0.2, 0.25) is 0 Å². The minimum atomic E-state index is -1.09. The van der Waals surface area contributed by atoms with Crippen LogP contribution in [0, 0.1) is 6.92 Å². The van der Waals surface area contributed by atoms with Gasteiger partial charge < -0.3 is 21.1 Å². The van der Waals surface area contributed by atoms with Crippen LogP contribution in [0.1, 0.15) is 23.9 Å². The first-order chi connectivity index (χ1) is 7.06. The van der Waals surface area contributed by atoms with Crippen LogP contribution in [0.15, 0.2) is 12.1 Å². The second-order valence-corrected chi connectivity index (χ2v) is 3.44. The van der Waals surface area contributed by atoms with Gasteiger partial charge in [0.2, 0.25) is 0 Å². The van der Waals surface area contributed by atoms with Crippen molar-refractivity contribution in [1.82, 2.24) is 4.98 Å². The Balaban J connectivity index is 2.81. The molecule has 84 valence electrons. The number of aromatic nitrogens is 1. The molecule has 5 N–H and O–H groups in total. The van der Waals surface area contributed by atoms with E-state index in [4.69, 9.17) is 10.8 Å². The highest BCUT2D eigenvalue weighted by Gasteiger charge is 2.19. The SMILES string of the molecule is Cc1nc(C(O)C(O)CCO)ccc1N. The molecule has 0 aliphatic carbocycles. The largest absolute Gasteiger partial charge is 0.397 e. The molecular formula is C10H16N2O3. The van der Waals surface area contributed by atoms with E-state index >= 15 is 0 Å². The lowest BCUT2D eigenvalue weighted by Gasteiger charge is -2.16. The summed E-state index contributed by atoms with van der Waals surface area (Å²) in [6.45, 7) is 1.55. The molecule has 15 heavy (non-hydrogen) atoms. The van der Waals surface area contributed by atoms with Crippen molar-refractivity contribution in [2.24, 2.45) is 0 Å². The predicted octanol–water partition coefficient (Wildman–Crippen LogP) is -0.251. The highest BCUT2D eigenvalue weighted by Crippen LogP contribution is 2.19. The van der Waals surface area contributed by atoms with Crippen LogP contribution in [0.5, 0.6) is 0 Å². The third kappa shape index (κ3) is 2.89. The summed E-state index contributed by atoms with van der Waals surface area (Å²) in [6.07, 6.45) is -1.98. The first-order valence-electron chi connectivity index (χ1n) is 4.76. The van der Waals surface area contributed by atoms with Crippen molar-refractivity contribution in [3.63, 3.8) is 0 Å². The normalized spacial score (nSPS) is 14.9. The minimum Gasteiger partial charge on any atom is -0.397 e. The second kappa shape index (κ2) is 5.06. The van der Waals surface area contributed by atoms with Crippen LogP contribution in [-0.2, 0) is 0 Å². The van der Waals surface area contributed by atoms with Crippen molar-refractivity contribution in [3.05, 3.63) is 23.5 Å². The molecule has 0 spiro atoms. The quantitative estimate of drug-likeness (QED) is 0.551. The topological polar surface area (TPSA) is 99.6 Å². The molecule has 0 aromatic carbocycles. The molecule has 1 heterocycles. The smallest absolute Gasteiger partial charge is 0.122 e. The van der Waals surface area contributed by atoms with Crippen molar-refractivity contribution in [3.8, 4) is 0 Å². The van der Waals surface area contributed by atoms with Gasteiger partial charge >= 0.3 is 0 Å². The van der Waals surface area contributed by atoms with Crippen molar-refractivity contribution < 1.29 is 15.3 Å². The Morgan fingerprint density at radius 2 is 2.07 bits per heavy atom. The van der Waals surface area contributed by atoms with Gasteiger partial charge in [-0.05, 0) is 25.5 Å². The Kier molecular flexibility index (Phi) is 4.02. The minimum absolute atomic E-state index is 0.117. The van der Waals surface area contributed by atoms with E-state index in [1.807, 2.05) is 0 Å². The van der Waals surface area contributed by atoms with Gasteiger partial charge in [-0.15, -0.1) is 0 Å². The lowest BCUT2D eigenvalue weighted by atomic mass is 10.1. The molecule has 5 nitrogen and oxygen atoms in total. The molecule has 1 aromatic heterocycles. The van der Waals surface area contributed by atoms with Gasteiger partial charge in [-0.1, -0.05) is 0 Å². The molecule has 1 rings (SSSR count). The van der Waals surface area contributed by atoms with Crippen LogP contribution in [0.3, 0.4) is 0 Å². The third-order valence-corrected chi connectivity index (χ3v) is 2.24. The van der Waals surface area contributed by atoms with E-state index in [0.717, 1.165) is 0 Å². The maximum absolute atomic E-state index is 9.67. The van der Waals surface area contributed by atoms with Gasteiger partial charge in [0, 0.05) is 6.61 Å². The Morgan fingerprint density at radius 1 is 1.40 bits per heavy atom. The fraction of sp³-hybridized carbons (Fsp3) is 0.500. The molecule has 0 aliphatic heterocycles. The lowest BCUT2D eigenvalue weighted by molar-refractivity contribution is 0.00187. The zero-order chi connectivity index (χ0) is 11.4. The molecule has 0 aliphatic rings. The van der Waals surface area contributed by atoms with Crippen molar-refractivity contribution in [1.29, 1.82) is 0 Å². The van der Waals surface area contributed by atoms with E-state index in [-0.39, 0.29) is 13.0 Å². The van der Waals surface area contributed by atoms with Crippen LogP contribution in [-0.4, -0.2) is 33.0 Å². The maximum atomic E-state index is 9.67. The average molecular weight is 212 g/mol. The summed E-state index contributed by atoms with van der Waals surface area (Å²) in [7, 11) is 0. The number of pyridine rings is 1. The molecule has 0 saturated carbocycles. The van der Waals surface area contributed by atoms with Crippen molar-refractivity contribution >= 4 is 5.69 Å². The molecule has 0 bridgehead atoms. The summed E-state index contributed by atoms with van der Waals surface area (Å²) in [6, 6.07) is 3.19. The van der Waals surface area contributed by atoms with Crippen LogP contribution in [0.25, 0.3) is 0 Å². The summed E-state index contributed by atoms with van der Waals surface area (Å²) in [5.41, 5.74) is 7.10. The number of hydrogen-bond donors (Lipinski definition) is 4. The first kappa shape index (κ1) is 11.9. The maximum Gasteiger partial charge on any atom is 0.122 e. The average Bonchev–Trinajstić information content (AvgIpc) is 2.21. The molecule has 2 atom stereocenters. The summed E-state index contributed by atoms with van der Waals surface area (Å²) in [5.74, 6) is 0. The number of aryl methyl sites for hydroxylation is 1. The molecule has 0 saturated heterocycles. The van der Waals surface area contributed by atoms with Gasteiger partial charge in [0.05, 0.1) is 23.2 Å². The van der Waals surface area contributed by atoms with E-state index in [9.17, 15) is 10.2 Å². The zero-order valence-electron chi connectivity index (χ0n) is 8.59. The molecule has 5 heteroatoms. The number of rotatable bonds is 4. The number of nitrogens with two attached hydrogens (primary N) is 1. The standard InChI is InChI=1S/C10H16N2O3/c1-6-7(11)2-3-8(12-6)10(15)9(14)4-5-13/h2-3,9-10,13-15H,4-5,11H2,1H3. The molecular weight excluding hydrogens is 196 g/mol. The third-order valence-electron chi connectivity index (χ3n) is 2.24. The van der Waals surface area contributed by atoms with Gasteiger partial charge in [0.15, 0.2) is 0 Å². The number of hydrogen-bond acceptors (Lipinski definition) is 5. The fourth-order valence-electron chi connectivity index (χ4n) is 1.24. The summed E-state index contributed by atoms with van der Waals surface area (Å²) < 4.78 is 0. The van der Waals surface area contributed by atoms with E-state index in [2.05, 4.69) is 4.98 Å². The Hall–Kier alpha value is -1.17. The molecule has 0 fully saturated rings. The Morgan fingerprint density at radius 3 is 2.60 bits per heavy atom. The number of aliphatic hydroxyl groups excluding tert-OH is 3. The molecule has 0 radical (unpaired) electrons. The Bertz CT molecular complexity index is 330. The van der Waals surface area contributed by atoms with E-state index in [1.54, 1.807) is 19.1 Å². The van der Waals surface area contributed by atoms with Gasteiger partial charge in [-0.2, -0.15) is 0 Å². The van der Waals surface area contributed by atoms with Gasteiger partial charge in [0.25, 0.3) is 0 Å².